The van der Waals surface area contributed by atoms with E-state index in [9.17, 15) is 9.18 Å². The Bertz CT molecular complexity index is 1210. The lowest BCUT2D eigenvalue weighted by Gasteiger charge is -2.07. The van der Waals surface area contributed by atoms with Crippen molar-refractivity contribution < 1.29 is 18.7 Å². The number of nitrogens with one attached hydrogen (secondary N) is 1. The minimum Gasteiger partial charge on any atom is -0.497 e. The molecule has 0 aliphatic heterocycles. The van der Waals surface area contributed by atoms with Crippen molar-refractivity contribution in [2.24, 2.45) is 0 Å². The molecule has 0 radical (unpaired) electrons. The molecule has 0 aliphatic rings. The number of aromatic nitrogens is 4. The zero-order chi connectivity index (χ0) is 22.5. The van der Waals surface area contributed by atoms with Gasteiger partial charge in [0.25, 0.3) is 5.91 Å². The summed E-state index contributed by atoms with van der Waals surface area (Å²) < 4.78 is 26.9. The second kappa shape index (κ2) is 9.52. The Morgan fingerprint density at radius 1 is 1.03 bits per heavy atom. The van der Waals surface area contributed by atoms with E-state index in [0.717, 1.165) is 11.3 Å². The third-order valence-electron chi connectivity index (χ3n) is 4.50. The molecular weight excluding hydrogens is 437 g/mol. The Balaban J connectivity index is 1.35. The summed E-state index contributed by atoms with van der Waals surface area (Å²) in [5.74, 6) is 0.818. The largest absolute Gasteiger partial charge is 0.497 e. The van der Waals surface area contributed by atoms with Crippen molar-refractivity contribution in [3.05, 3.63) is 89.1 Å². The lowest BCUT2D eigenvalue weighted by molar-refractivity contribution is 0.101. The maximum Gasteiger partial charge on any atom is 0.277 e. The number of carbonyl (C=O) groups is 1. The highest BCUT2D eigenvalue weighted by molar-refractivity contribution is 6.33. The summed E-state index contributed by atoms with van der Waals surface area (Å²) >= 11 is 6.20. The van der Waals surface area contributed by atoms with E-state index in [1.807, 2.05) is 0 Å². The van der Waals surface area contributed by atoms with Crippen LogP contribution in [0.5, 0.6) is 11.5 Å². The molecular formula is C22H19ClFN5O3. The van der Waals surface area contributed by atoms with Crippen molar-refractivity contribution in [2.45, 2.75) is 13.3 Å². The standard InChI is InChI=1S/C22H19ClFN5O3/c1-31-17-6-8-18(9-7-17)32-14-28-11-10-20(26-28)22(30)25-21-19(23)13-29(27-21)12-15-2-4-16(24)5-3-15/h2-11,13H,12,14H2,1H3,(H,25,27,30). The monoisotopic (exact) mass is 455 g/mol. The lowest BCUT2D eigenvalue weighted by Crippen LogP contribution is -2.15. The van der Waals surface area contributed by atoms with Crippen molar-refractivity contribution in [3.63, 3.8) is 0 Å². The van der Waals surface area contributed by atoms with Gasteiger partial charge in [-0.2, -0.15) is 10.2 Å². The van der Waals surface area contributed by atoms with E-state index in [2.05, 4.69) is 15.5 Å². The predicted molar refractivity (Wildman–Crippen MR) is 117 cm³/mol. The fourth-order valence-corrected chi connectivity index (χ4v) is 3.08. The number of anilines is 1. The second-order valence-corrected chi connectivity index (χ2v) is 7.20. The number of amides is 1. The molecule has 2 aromatic heterocycles. The van der Waals surface area contributed by atoms with E-state index in [-0.39, 0.29) is 29.1 Å². The van der Waals surface area contributed by atoms with Gasteiger partial charge in [0.1, 0.15) is 22.3 Å². The van der Waals surface area contributed by atoms with Gasteiger partial charge >= 0.3 is 0 Å². The van der Waals surface area contributed by atoms with E-state index < -0.39 is 5.91 Å². The van der Waals surface area contributed by atoms with E-state index in [0.29, 0.717) is 12.3 Å². The molecule has 0 unspecified atom stereocenters. The lowest BCUT2D eigenvalue weighted by atomic mass is 10.2. The number of methoxy groups -OCH3 is 1. The molecule has 0 saturated heterocycles. The van der Waals surface area contributed by atoms with Gasteiger partial charge in [-0.05, 0) is 48.0 Å². The smallest absolute Gasteiger partial charge is 0.277 e. The number of hydrogen-bond donors (Lipinski definition) is 1. The highest BCUT2D eigenvalue weighted by Crippen LogP contribution is 2.21. The first kappa shape index (κ1) is 21.4. The number of rotatable bonds is 8. The Morgan fingerprint density at radius 3 is 2.47 bits per heavy atom. The highest BCUT2D eigenvalue weighted by atomic mass is 35.5. The number of nitrogens with zero attached hydrogens (tertiary/aromatic N) is 4. The first-order valence-corrected chi connectivity index (χ1v) is 9.97. The molecule has 2 aromatic carbocycles. The van der Waals surface area contributed by atoms with Gasteiger partial charge < -0.3 is 14.8 Å². The fraction of sp³-hybridized carbons (Fsp3) is 0.136. The molecule has 0 fully saturated rings. The molecule has 8 nitrogen and oxygen atoms in total. The fourth-order valence-electron chi connectivity index (χ4n) is 2.88. The van der Waals surface area contributed by atoms with Crippen molar-refractivity contribution in [1.82, 2.24) is 19.6 Å². The van der Waals surface area contributed by atoms with E-state index >= 15 is 0 Å². The SMILES string of the molecule is COc1ccc(OCn2ccc(C(=O)Nc3nn(Cc4ccc(F)cc4)cc3Cl)n2)cc1. The first-order valence-electron chi connectivity index (χ1n) is 9.59. The van der Waals surface area contributed by atoms with Crippen LogP contribution >= 0.6 is 11.6 Å². The third-order valence-corrected chi connectivity index (χ3v) is 4.78. The molecule has 0 bridgehead atoms. The van der Waals surface area contributed by atoms with Crippen LogP contribution in [0, 0.1) is 5.82 Å². The van der Waals surface area contributed by atoms with Crippen LogP contribution in [0.15, 0.2) is 67.0 Å². The molecule has 164 valence electrons. The summed E-state index contributed by atoms with van der Waals surface area (Å²) in [6.07, 6.45) is 3.22. The van der Waals surface area contributed by atoms with Crippen LogP contribution in [0.1, 0.15) is 16.1 Å². The van der Waals surface area contributed by atoms with Gasteiger partial charge in [0.2, 0.25) is 0 Å². The van der Waals surface area contributed by atoms with Gasteiger partial charge in [0.15, 0.2) is 18.2 Å². The van der Waals surface area contributed by atoms with Gasteiger partial charge in [0, 0.05) is 12.4 Å². The maximum absolute atomic E-state index is 13.1. The molecule has 2 heterocycles. The molecule has 1 amide bonds. The Kier molecular flexibility index (Phi) is 6.37. The molecule has 4 rings (SSSR count). The highest BCUT2D eigenvalue weighted by Gasteiger charge is 2.15. The Labute approximate surface area is 188 Å². The predicted octanol–water partition coefficient (Wildman–Crippen LogP) is 4.22. The summed E-state index contributed by atoms with van der Waals surface area (Å²) in [6.45, 7) is 0.514. The summed E-state index contributed by atoms with van der Waals surface area (Å²) in [6, 6.07) is 14.8. The number of halogens is 2. The van der Waals surface area contributed by atoms with E-state index in [1.54, 1.807) is 66.6 Å². The van der Waals surface area contributed by atoms with Gasteiger partial charge in [-0.1, -0.05) is 23.7 Å². The van der Waals surface area contributed by atoms with Crippen LogP contribution in [0.3, 0.4) is 0 Å². The van der Waals surface area contributed by atoms with Crippen molar-refractivity contribution in [1.29, 1.82) is 0 Å². The van der Waals surface area contributed by atoms with Gasteiger partial charge in [0.05, 0.1) is 13.7 Å². The molecule has 0 spiro atoms. The second-order valence-electron chi connectivity index (χ2n) is 6.79. The molecule has 0 aliphatic carbocycles. The van der Waals surface area contributed by atoms with Crippen LogP contribution < -0.4 is 14.8 Å². The van der Waals surface area contributed by atoms with Gasteiger partial charge in [-0.25, -0.2) is 9.07 Å². The van der Waals surface area contributed by atoms with E-state index in [1.165, 1.54) is 16.8 Å². The number of hydrogen-bond acceptors (Lipinski definition) is 5. The first-order chi connectivity index (χ1) is 15.5. The van der Waals surface area contributed by atoms with Crippen LogP contribution in [0.2, 0.25) is 5.02 Å². The zero-order valence-corrected chi connectivity index (χ0v) is 17.8. The minimum absolute atomic E-state index is 0.132. The molecule has 0 atom stereocenters. The molecule has 1 N–H and O–H groups in total. The zero-order valence-electron chi connectivity index (χ0n) is 17.0. The molecule has 10 heteroatoms. The number of ether oxygens (including phenoxy) is 2. The summed E-state index contributed by atoms with van der Waals surface area (Å²) in [5.41, 5.74) is 1.03. The van der Waals surface area contributed by atoms with Crippen molar-refractivity contribution in [3.8, 4) is 11.5 Å². The Hall–Kier alpha value is -3.85. The van der Waals surface area contributed by atoms with Crippen LogP contribution in [-0.2, 0) is 13.3 Å². The van der Waals surface area contributed by atoms with Gasteiger partial charge in [-0.15, -0.1) is 0 Å². The maximum atomic E-state index is 13.1. The molecule has 4 aromatic rings. The van der Waals surface area contributed by atoms with Crippen LogP contribution in [0.4, 0.5) is 10.2 Å². The topological polar surface area (TPSA) is 83.2 Å². The Morgan fingerprint density at radius 2 is 1.75 bits per heavy atom. The average molecular weight is 456 g/mol. The van der Waals surface area contributed by atoms with Crippen LogP contribution in [-0.4, -0.2) is 32.6 Å². The summed E-state index contributed by atoms with van der Waals surface area (Å²) in [5, 5.41) is 11.4. The van der Waals surface area contributed by atoms with Crippen molar-refractivity contribution >= 4 is 23.3 Å². The summed E-state index contributed by atoms with van der Waals surface area (Å²) in [4.78, 5) is 12.5. The summed E-state index contributed by atoms with van der Waals surface area (Å²) in [7, 11) is 1.59. The molecule has 0 saturated carbocycles. The third kappa shape index (κ3) is 5.25. The van der Waals surface area contributed by atoms with Crippen LogP contribution in [0.25, 0.3) is 0 Å². The van der Waals surface area contributed by atoms with E-state index in [4.69, 9.17) is 21.1 Å². The number of benzene rings is 2. The minimum atomic E-state index is -0.456. The normalized spacial score (nSPS) is 10.7. The number of carbonyl (C=O) groups excluding carboxylic acids is 1. The average Bonchev–Trinajstić information content (AvgIpc) is 3.41. The van der Waals surface area contributed by atoms with Crippen molar-refractivity contribution in [2.75, 3.05) is 12.4 Å². The van der Waals surface area contributed by atoms with Gasteiger partial charge in [-0.3, -0.25) is 9.48 Å². The quantitative estimate of drug-likeness (QED) is 0.430. The molecule has 32 heavy (non-hydrogen) atoms.